The van der Waals surface area contributed by atoms with Crippen molar-refractivity contribution in [2.45, 2.75) is 25.9 Å². The van der Waals surface area contributed by atoms with Gasteiger partial charge in [0, 0.05) is 35.4 Å². The molecule has 0 aliphatic heterocycles. The van der Waals surface area contributed by atoms with Gasteiger partial charge in [-0.2, -0.15) is 0 Å². The molecule has 2 aromatic rings. The van der Waals surface area contributed by atoms with Gasteiger partial charge in [0.2, 0.25) is 0 Å². The fourth-order valence-corrected chi connectivity index (χ4v) is 2.75. The molecule has 2 rings (SSSR count). The predicted octanol–water partition coefficient (Wildman–Crippen LogP) is 2.97. The summed E-state index contributed by atoms with van der Waals surface area (Å²) in [7, 11) is 1.66. The molecule has 0 bridgehead atoms. The van der Waals surface area contributed by atoms with Gasteiger partial charge in [-0.05, 0) is 12.5 Å². The third-order valence-electron chi connectivity index (χ3n) is 3.01. The molecule has 0 saturated heterocycles. The summed E-state index contributed by atoms with van der Waals surface area (Å²) < 4.78 is 5.35. The van der Waals surface area contributed by atoms with Crippen LogP contribution >= 0.6 is 11.3 Å². The first-order chi connectivity index (χ1) is 9.24. The van der Waals surface area contributed by atoms with Crippen molar-refractivity contribution in [2.24, 2.45) is 0 Å². The maximum absolute atomic E-state index is 5.75. The summed E-state index contributed by atoms with van der Waals surface area (Å²) >= 11 is 1.68. The zero-order chi connectivity index (χ0) is 13.7. The van der Waals surface area contributed by atoms with E-state index >= 15 is 0 Å². The number of hydrogen-bond acceptors (Lipinski definition) is 5. The van der Waals surface area contributed by atoms with Crippen molar-refractivity contribution in [3.05, 3.63) is 40.3 Å². The zero-order valence-corrected chi connectivity index (χ0v) is 12.0. The third-order valence-corrected chi connectivity index (χ3v) is 3.90. The molecule has 0 aliphatic carbocycles. The Morgan fingerprint density at radius 1 is 1.47 bits per heavy atom. The molecule has 1 unspecified atom stereocenters. The van der Waals surface area contributed by atoms with Crippen LogP contribution in [0.5, 0.6) is 5.75 Å². The number of thiazole rings is 1. The van der Waals surface area contributed by atoms with Crippen molar-refractivity contribution in [3.63, 3.8) is 0 Å². The Bertz CT molecular complexity index is 513. The zero-order valence-electron chi connectivity index (χ0n) is 11.2. The van der Waals surface area contributed by atoms with Gasteiger partial charge in [0.15, 0.2) is 0 Å². The van der Waals surface area contributed by atoms with Crippen LogP contribution in [0.2, 0.25) is 0 Å². The van der Waals surface area contributed by atoms with E-state index in [1.807, 2.05) is 29.8 Å². The summed E-state index contributed by atoms with van der Waals surface area (Å²) in [6.07, 6.45) is 2.85. The first-order valence-electron chi connectivity index (χ1n) is 6.29. The number of anilines is 1. The Morgan fingerprint density at radius 2 is 2.32 bits per heavy atom. The van der Waals surface area contributed by atoms with Crippen LogP contribution in [-0.2, 0) is 6.54 Å². The van der Waals surface area contributed by atoms with Crippen molar-refractivity contribution in [3.8, 4) is 5.75 Å². The molecule has 1 heterocycles. The summed E-state index contributed by atoms with van der Waals surface area (Å²) in [5.74, 6) is 0.821. The highest BCUT2D eigenvalue weighted by molar-refractivity contribution is 7.09. The highest BCUT2D eigenvalue weighted by atomic mass is 32.1. The van der Waals surface area contributed by atoms with Gasteiger partial charge in [0.1, 0.15) is 10.8 Å². The Balaban J connectivity index is 2.05. The van der Waals surface area contributed by atoms with Gasteiger partial charge < -0.3 is 15.8 Å². The topological polar surface area (TPSA) is 60.2 Å². The van der Waals surface area contributed by atoms with E-state index in [1.165, 1.54) is 0 Å². The number of nitrogens with two attached hydrogens (primary N) is 1. The first-order valence-corrected chi connectivity index (χ1v) is 7.17. The summed E-state index contributed by atoms with van der Waals surface area (Å²) in [6, 6.07) is 6.02. The van der Waals surface area contributed by atoms with E-state index in [9.17, 15) is 0 Å². The van der Waals surface area contributed by atoms with E-state index in [0.717, 1.165) is 29.3 Å². The monoisotopic (exact) mass is 277 g/mol. The minimum atomic E-state index is 0.280. The lowest BCUT2D eigenvalue weighted by Crippen LogP contribution is -2.20. The van der Waals surface area contributed by atoms with Crippen LogP contribution in [0.15, 0.2) is 29.8 Å². The number of nitrogen functional groups attached to an aromatic ring is 1. The number of rotatable bonds is 6. The molecule has 4 nitrogen and oxygen atoms in total. The summed E-state index contributed by atoms with van der Waals surface area (Å²) in [4.78, 5) is 4.36. The van der Waals surface area contributed by atoms with E-state index in [4.69, 9.17) is 10.5 Å². The smallest absolute Gasteiger partial charge is 0.125 e. The van der Waals surface area contributed by atoms with Gasteiger partial charge in [-0.1, -0.05) is 13.0 Å². The lowest BCUT2D eigenvalue weighted by molar-refractivity contribution is 0.405. The first kappa shape index (κ1) is 13.8. The standard InChI is InChI=1S/C14H19N3OS/c1-3-12(14-16-6-7-19-14)17-9-10-4-5-11(15)8-13(10)18-2/h4-8,12,17H,3,9,15H2,1-2H3. The molecule has 102 valence electrons. The second-order valence-corrected chi connectivity index (χ2v) is 5.21. The molecule has 0 saturated carbocycles. The van der Waals surface area contributed by atoms with Crippen LogP contribution in [0.1, 0.15) is 30.0 Å². The predicted molar refractivity (Wildman–Crippen MR) is 79.4 cm³/mol. The van der Waals surface area contributed by atoms with Crippen LogP contribution in [-0.4, -0.2) is 12.1 Å². The average Bonchev–Trinajstić information content (AvgIpc) is 2.94. The summed E-state index contributed by atoms with van der Waals surface area (Å²) in [6.45, 7) is 2.89. The molecule has 0 spiro atoms. The number of nitrogens with one attached hydrogen (secondary N) is 1. The average molecular weight is 277 g/mol. The van der Waals surface area contributed by atoms with Crippen molar-refractivity contribution in [1.29, 1.82) is 0 Å². The fourth-order valence-electron chi connectivity index (χ4n) is 1.95. The molecule has 0 fully saturated rings. The van der Waals surface area contributed by atoms with Gasteiger partial charge in [-0.3, -0.25) is 0 Å². The number of benzene rings is 1. The minimum absolute atomic E-state index is 0.280. The maximum atomic E-state index is 5.75. The van der Waals surface area contributed by atoms with Gasteiger partial charge in [0.25, 0.3) is 0 Å². The van der Waals surface area contributed by atoms with Crippen LogP contribution in [0.25, 0.3) is 0 Å². The molecule has 19 heavy (non-hydrogen) atoms. The van der Waals surface area contributed by atoms with E-state index in [2.05, 4.69) is 17.2 Å². The third kappa shape index (κ3) is 3.45. The SMILES string of the molecule is CCC(NCc1ccc(N)cc1OC)c1nccs1. The van der Waals surface area contributed by atoms with Crippen molar-refractivity contribution >= 4 is 17.0 Å². The highest BCUT2D eigenvalue weighted by Gasteiger charge is 2.12. The summed E-state index contributed by atoms with van der Waals surface area (Å²) in [5.41, 5.74) is 7.57. The van der Waals surface area contributed by atoms with Gasteiger partial charge >= 0.3 is 0 Å². The molecule has 1 aromatic heterocycles. The lowest BCUT2D eigenvalue weighted by Gasteiger charge is -2.16. The van der Waals surface area contributed by atoms with Crippen molar-refractivity contribution < 1.29 is 4.74 Å². The lowest BCUT2D eigenvalue weighted by atomic mass is 10.1. The molecular formula is C14H19N3OS. The number of methoxy groups -OCH3 is 1. The second kappa shape index (κ2) is 6.54. The van der Waals surface area contributed by atoms with Gasteiger partial charge in [-0.15, -0.1) is 11.3 Å². The molecule has 3 N–H and O–H groups in total. The number of ether oxygens (including phenoxy) is 1. The molecule has 1 atom stereocenters. The highest BCUT2D eigenvalue weighted by Crippen LogP contribution is 2.24. The van der Waals surface area contributed by atoms with Crippen LogP contribution in [0.3, 0.4) is 0 Å². The van der Waals surface area contributed by atoms with Crippen LogP contribution in [0, 0.1) is 0 Å². The van der Waals surface area contributed by atoms with Crippen molar-refractivity contribution in [1.82, 2.24) is 10.3 Å². The molecular weight excluding hydrogens is 258 g/mol. The largest absolute Gasteiger partial charge is 0.496 e. The minimum Gasteiger partial charge on any atom is -0.496 e. The van der Waals surface area contributed by atoms with Crippen LogP contribution < -0.4 is 15.8 Å². The second-order valence-electron chi connectivity index (χ2n) is 4.28. The molecule has 0 amide bonds. The van der Waals surface area contributed by atoms with E-state index < -0.39 is 0 Å². The molecule has 0 aliphatic rings. The van der Waals surface area contributed by atoms with Crippen molar-refractivity contribution in [2.75, 3.05) is 12.8 Å². The number of nitrogens with zero attached hydrogens (tertiary/aromatic N) is 1. The number of hydrogen-bond donors (Lipinski definition) is 2. The quantitative estimate of drug-likeness (QED) is 0.797. The van der Waals surface area contributed by atoms with Gasteiger partial charge in [-0.25, -0.2) is 4.98 Å². The number of aromatic nitrogens is 1. The van der Waals surface area contributed by atoms with Crippen LogP contribution in [0.4, 0.5) is 5.69 Å². The summed E-state index contributed by atoms with van der Waals surface area (Å²) in [5, 5.41) is 6.63. The molecule has 1 aromatic carbocycles. The van der Waals surface area contributed by atoms with E-state index in [1.54, 1.807) is 18.4 Å². The normalized spacial score (nSPS) is 12.3. The van der Waals surface area contributed by atoms with E-state index in [0.29, 0.717) is 5.69 Å². The Kier molecular flexibility index (Phi) is 4.76. The molecule has 5 heteroatoms. The van der Waals surface area contributed by atoms with Gasteiger partial charge in [0.05, 0.1) is 13.2 Å². The molecule has 0 radical (unpaired) electrons. The fraction of sp³-hybridized carbons (Fsp3) is 0.357. The Morgan fingerprint density at radius 3 is 2.95 bits per heavy atom. The maximum Gasteiger partial charge on any atom is 0.125 e. The van der Waals surface area contributed by atoms with E-state index in [-0.39, 0.29) is 6.04 Å². The Hall–Kier alpha value is -1.59. The Labute approximate surface area is 117 Å².